The number of aliphatic hydroxyl groups excluding tert-OH is 1. The van der Waals surface area contributed by atoms with Gasteiger partial charge in [-0.05, 0) is 38.8 Å². The molecule has 3 N–H and O–H groups in total. The highest BCUT2D eigenvalue weighted by Gasteiger charge is 2.25. The minimum Gasteiger partial charge on any atom is -0.483 e. The SMILES string of the molecule is Cc1cc(C)c(OCC(=O)NC(C(=O)O)C(C)O)c(C)c1. The molecule has 0 saturated carbocycles. The first kappa shape index (κ1) is 17.0. The standard InChI is InChI=1S/C15H21NO5/c1-8-5-9(2)14(10(3)6-8)21-7-12(18)16-13(11(4)17)15(19)20/h5-6,11,13,17H,7H2,1-4H3,(H,16,18)(H,19,20). The Bertz CT molecular complexity index is 516. The van der Waals surface area contributed by atoms with Crippen LogP contribution in [0.15, 0.2) is 12.1 Å². The fraction of sp³-hybridized carbons (Fsp3) is 0.467. The van der Waals surface area contributed by atoms with Crippen molar-refractivity contribution in [2.75, 3.05) is 6.61 Å². The number of carbonyl (C=O) groups excluding carboxylic acids is 1. The van der Waals surface area contributed by atoms with Crippen LogP contribution in [0.5, 0.6) is 5.75 Å². The smallest absolute Gasteiger partial charge is 0.328 e. The number of hydrogen-bond acceptors (Lipinski definition) is 4. The lowest BCUT2D eigenvalue weighted by Gasteiger charge is -2.18. The minimum absolute atomic E-state index is 0.304. The highest BCUT2D eigenvalue weighted by molar-refractivity contribution is 5.84. The van der Waals surface area contributed by atoms with Gasteiger partial charge in [0.25, 0.3) is 5.91 Å². The van der Waals surface area contributed by atoms with Gasteiger partial charge in [0.15, 0.2) is 12.6 Å². The number of carbonyl (C=O) groups is 2. The van der Waals surface area contributed by atoms with Crippen molar-refractivity contribution < 1.29 is 24.5 Å². The summed E-state index contributed by atoms with van der Waals surface area (Å²) in [7, 11) is 0. The second-order valence-electron chi connectivity index (χ2n) is 5.14. The monoisotopic (exact) mass is 295 g/mol. The first-order chi connectivity index (χ1) is 9.72. The van der Waals surface area contributed by atoms with Crippen LogP contribution >= 0.6 is 0 Å². The van der Waals surface area contributed by atoms with Crippen molar-refractivity contribution in [3.8, 4) is 5.75 Å². The van der Waals surface area contributed by atoms with E-state index in [1.807, 2.05) is 32.9 Å². The number of aliphatic carboxylic acids is 1. The molecule has 0 aliphatic carbocycles. The average molecular weight is 295 g/mol. The number of aliphatic hydroxyl groups is 1. The Hall–Kier alpha value is -2.08. The molecule has 0 aliphatic heterocycles. The van der Waals surface area contributed by atoms with Crippen molar-refractivity contribution in [3.05, 3.63) is 28.8 Å². The Morgan fingerprint density at radius 1 is 1.24 bits per heavy atom. The Labute approximate surface area is 123 Å². The predicted molar refractivity (Wildman–Crippen MR) is 77.4 cm³/mol. The highest BCUT2D eigenvalue weighted by atomic mass is 16.5. The molecule has 0 bridgehead atoms. The van der Waals surface area contributed by atoms with Gasteiger partial charge in [0.1, 0.15) is 5.75 Å². The van der Waals surface area contributed by atoms with Gasteiger partial charge >= 0.3 is 5.97 Å². The van der Waals surface area contributed by atoms with Crippen molar-refractivity contribution in [1.82, 2.24) is 5.32 Å². The van der Waals surface area contributed by atoms with E-state index in [-0.39, 0.29) is 6.61 Å². The number of hydrogen-bond donors (Lipinski definition) is 3. The molecule has 1 amide bonds. The van der Waals surface area contributed by atoms with Crippen molar-refractivity contribution in [1.29, 1.82) is 0 Å². The van der Waals surface area contributed by atoms with E-state index in [0.717, 1.165) is 16.7 Å². The van der Waals surface area contributed by atoms with Crippen LogP contribution in [0.2, 0.25) is 0 Å². The second-order valence-corrected chi connectivity index (χ2v) is 5.14. The fourth-order valence-corrected chi connectivity index (χ4v) is 2.14. The number of aryl methyl sites for hydroxylation is 3. The maximum atomic E-state index is 11.7. The number of ether oxygens (including phenoxy) is 1. The lowest BCUT2D eigenvalue weighted by molar-refractivity contribution is -0.145. The summed E-state index contributed by atoms with van der Waals surface area (Å²) < 4.78 is 5.46. The third kappa shape index (κ3) is 4.75. The molecule has 0 aromatic heterocycles. The zero-order valence-corrected chi connectivity index (χ0v) is 12.6. The average Bonchev–Trinajstić information content (AvgIpc) is 2.33. The van der Waals surface area contributed by atoms with Crippen LogP contribution in [0.4, 0.5) is 0 Å². The molecule has 2 atom stereocenters. The van der Waals surface area contributed by atoms with Crippen LogP contribution in [0, 0.1) is 20.8 Å². The summed E-state index contributed by atoms with van der Waals surface area (Å²) in [5.74, 6) is -1.27. The van der Waals surface area contributed by atoms with Gasteiger partial charge in [0.2, 0.25) is 0 Å². The zero-order valence-electron chi connectivity index (χ0n) is 12.6. The van der Waals surface area contributed by atoms with Gasteiger partial charge in [-0.2, -0.15) is 0 Å². The Morgan fingerprint density at radius 3 is 2.19 bits per heavy atom. The number of carboxylic acids is 1. The van der Waals surface area contributed by atoms with Gasteiger partial charge in [0, 0.05) is 0 Å². The first-order valence-electron chi connectivity index (χ1n) is 6.63. The van der Waals surface area contributed by atoms with E-state index in [1.54, 1.807) is 0 Å². The molecule has 1 rings (SSSR count). The normalized spacial score (nSPS) is 13.4. The first-order valence-corrected chi connectivity index (χ1v) is 6.63. The Balaban J connectivity index is 2.67. The molecule has 0 fully saturated rings. The maximum Gasteiger partial charge on any atom is 0.328 e. The lowest BCUT2D eigenvalue weighted by Crippen LogP contribution is -2.49. The highest BCUT2D eigenvalue weighted by Crippen LogP contribution is 2.24. The molecule has 0 aliphatic rings. The molecule has 0 radical (unpaired) electrons. The van der Waals surface area contributed by atoms with Crippen molar-refractivity contribution in [2.24, 2.45) is 0 Å². The van der Waals surface area contributed by atoms with Gasteiger partial charge < -0.3 is 20.3 Å². The summed E-state index contributed by atoms with van der Waals surface area (Å²) >= 11 is 0. The lowest BCUT2D eigenvalue weighted by atomic mass is 10.1. The van der Waals surface area contributed by atoms with E-state index in [1.165, 1.54) is 6.92 Å². The van der Waals surface area contributed by atoms with Crippen LogP contribution in [-0.2, 0) is 9.59 Å². The minimum atomic E-state index is -1.35. The van der Waals surface area contributed by atoms with Gasteiger partial charge in [-0.3, -0.25) is 4.79 Å². The number of benzene rings is 1. The van der Waals surface area contributed by atoms with E-state index in [9.17, 15) is 14.7 Å². The predicted octanol–water partition coefficient (Wildman–Crippen LogP) is 0.941. The summed E-state index contributed by atoms with van der Waals surface area (Å²) in [4.78, 5) is 22.6. The van der Waals surface area contributed by atoms with E-state index >= 15 is 0 Å². The second kappa shape index (κ2) is 7.08. The molecule has 116 valence electrons. The van der Waals surface area contributed by atoms with E-state index < -0.39 is 24.0 Å². The molecule has 6 nitrogen and oxygen atoms in total. The topological polar surface area (TPSA) is 95.9 Å². The summed E-state index contributed by atoms with van der Waals surface area (Å²) in [6.45, 7) is 6.72. The van der Waals surface area contributed by atoms with Crippen molar-refractivity contribution >= 4 is 11.9 Å². The van der Waals surface area contributed by atoms with Gasteiger partial charge in [-0.1, -0.05) is 17.7 Å². The number of amides is 1. The van der Waals surface area contributed by atoms with Gasteiger partial charge in [-0.25, -0.2) is 4.79 Å². The summed E-state index contributed by atoms with van der Waals surface area (Å²) in [5.41, 5.74) is 2.91. The molecule has 2 unspecified atom stereocenters. The quantitative estimate of drug-likeness (QED) is 0.726. The maximum absolute atomic E-state index is 11.7. The molecule has 6 heteroatoms. The zero-order chi connectivity index (χ0) is 16.2. The van der Waals surface area contributed by atoms with Crippen molar-refractivity contribution in [3.63, 3.8) is 0 Å². The van der Waals surface area contributed by atoms with Gasteiger partial charge in [-0.15, -0.1) is 0 Å². The van der Waals surface area contributed by atoms with Crippen molar-refractivity contribution in [2.45, 2.75) is 39.8 Å². The van der Waals surface area contributed by atoms with Crippen LogP contribution in [-0.4, -0.2) is 40.8 Å². The number of nitrogens with one attached hydrogen (secondary N) is 1. The summed E-state index contributed by atoms with van der Waals surface area (Å²) in [5, 5.41) is 20.4. The molecule has 21 heavy (non-hydrogen) atoms. The largest absolute Gasteiger partial charge is 0.483 e. The molecule has 1 aromatic carbocycles. The van der Waals surface area contributed by atoms with Crippen LogP contribution in [0.1, 0.15) is 23.6 Å². The molecule has 0 saturated heterocycles. The summed E-state index contributed by atoms with van der Waals surface area (Å²) in [6.07, 6.45) is -1.19. The summed E-state index contributed by atoms with van der Waals surface area (Å²) in [6, 6.07) is 2.54. The van der Waals surface area contributed by atoms with Crippen LogP contribution in [0.3, 0.4) is 0 Å². The third-order valence-corrected chi connectivity index (χ3v) is 3.02. The fourth-order valence-electron chi connectivity index (χ4n) is 2.14. The molecular formula is C15H21NO5. The van der Waals surface area contributed by atoms with E-state index in [0.29, 0.717) is 5.75 Å². The molecule has 0 spiro atoms. The van der Waals surface area contributed by atoms with E-state index in [4.69, 9.17) is 9.84 Å². The molecular weight excluding hydrogens is 274 g/mol. The molecule has 1 aromatic rings. The van der Waals surface area contributed by atoms with Crippen LogP contribution in [0.25, 0.3) is 0 Å². The Morgan fingerprint density at radius 2 is 1.76 bits per heavy atom. The van der Waals surface area contributed by atoms with Crippen LogP contribution < -0.4 is 10.1 Å². The molecule has 0 heterocycles. The van der Waals surface area contributed by atoms with Gasteiger partial charge in [0.05, 0.1) is 6.10 Å². The Kier molecular flexibility index (Phi) is 5.72. The number of carboxylic acid groups (broad SMARTS) is 1. The van der Waals surface area contributed by atoms with E-state index in [2.05, 4.69) is 5.32 Å². The number of rotatable bonds is 6. The third-order valence-electron chi connectivity index (χ3n) is 3.02.